The molecule has 2 unspecified atom stereocenters. The van der Waals surface area contributed by atoms with Crippen LogP contribution < -0.4 is 10.6 Å². The molecule has 2 aromatic carbocycles. The van der Waals surface area contributed by atoms with Gasteiger partial charge in [-0.2, -0.15) is 0 Å². The molecular formula is C37H35N5O7S2. The summed E-state index contributed by atoms with van der Waals surface area (Å²) in [7, 11) is 0. The van der Waals surface area contributed by atoms with Crippen molar-refractivity contribution in [1.29, 1.82) is 0 Å². The summed E-state index contributed by atoms with van der Waals surface area (Å²) >= 11 is 2.59. The topological polar surface area (TPSA) is 165 Å². The average Bonchev–Trinajstić information content (AvgIpc) is 4.00. The fraction of sp³-hybridized carbons (Fsp3) is 0.270. The number of aliphatic hydroxyl groups is 2. The molecule has 0 saturated carbocycles. The number of hydrogen-bond acceptors (Lipinski definition) is 10. The molecule has 7 rings (SSSR count). The Kier molecular flexibility index (Phi) is 10.1. The largest absolute Gasteiger partial charge is 0.436 e. The lowest BCUT2D eigenvalue weighted by Gasteiger charge is -2.26. The van der Waals surface area contributed by atoms with Gasteiger partial charge in [-0.05, 0) is 97.1 Å². The number of amides is 4. The molecule has 2 saturated heterocycles. The Bertz CT molecular complexity index is 1850. The second-order valence-corrected chi connectivity index (χ2v) is 14.3. The Balaban J connectivity index is 0.940. The zero-order valence-corrected chi connectivity index (χ0v) is 28.9. The Morgan fingerprint density at radius 1 is 0.706 bits per heavy atom. The van der Waals surface area contributed by atoms with Crippen LogP contribution in [0.3, 0.4) is 0 Å². The summed E-state index contributed by atoms with van der Waals surface area (Å²) in [4.78, 5) is 60.6. The van der Waals surface area contributed by atoms with Gasteiger partial charge in [0.2, 0.25) is 17.7 Å². The molecule has 4 N–H and O–H groups in total. The smallest absolute Gasteiger partial charge is 0.257 e. The van der Waals surface area contributed by atoms with E-state index in [1.807, 2.05) is 0 Å². The third-order valence-electron chi connectivity index (χ3n) is 9.11. The zero-order chi connectivity index (χ0) is 35.5. The maximum atomic E-state index is 13.1. The van der Waals surface area contributed by atoms with E-state index in [0.717, 1.165) is 5.56 Å². The number of anilines is 2. The molecule has 2 fully saturated rings. The van der Waals surface area contributed by atoms with Crippen LogP contribution in [-0.2, 0) is 19.2 Å². The maximum Gasteiger partial charge on any atom is 0.257 e. The lowest BCUT2D eigenvalue weighted by Crippen LogP contribution is -2.45. The highest BCUT2D eigenvalue weighted by atomic mass is 32.1. The van der Waals surface area contributed by atoms with Crippen molar-refractivity contribution < 1.29 is 33.8 Å². The number of carbonyl (C=O) groups excluding carboxylic acids is 4. The fourth-order valence-corrected chi connectivity index (χ4v) is 7.87. The number of nitrogens with zero attached hydrogens (tertiary/aromatic N) is 3. The van der Waals surface area contributed by atoms with Gasteiger partial charge in [-0.3, -0.25) is 19.2 Å². The van der Waals surface area contributed by atoms with E-state index in [-0.39, 0.29) is 11.8 Å². The first-order valence-electron chi connectivity index (χ1n) is 16.6. The number of aliphatic hydroxyl groups excluding tert-OH is 2. The van der Waals surface area contributed by atoms with Crippen LogP contribution in [0.5, 0.6) is 0 Å². The van der Waals surface area contributed by atoms with Crippen LogP contribution in [0, 0.1) is 0 Å². The van der Waals surface area contributed by atoms with Gasteiger partial charge in [-0.25, -0.2) is 4.98 Å². The normalized spacial score (nSPS) is 18.4. The molecule has 5 aromatic rings. The van der Waals surface area contributed by atoms with E-state index in [9.17, 15) is 29.4 Å². The van der Waals surface area contributed by atoms with Crippen molar-refractivity contribution in [2.45, 2.75) is 50.0 Å². The standard InChI is InChI=1S/C37H35N5O7S2/c43-31(29-7-3-19-50-29)36(47)41-17-1-5-26(41)33(45)39-24-13-9-22(10-14-24)28-21-38-35(49-28)23-11-15-25(16-12-23)40-34(46)27-6-2-18-42(27)37(48)32(44)30-8-4-20-51-30/h3-4,7-16,19-21,26-27,31-32,43-44H,1-2,5-6,17-18H2,(H,39,45)(H,40,46)/t26?,27-,31?,32+/m0/s1. The Labute approximate surface area is 301 Å². The first-order valence-corrected chi connectivity index (χ1v) is 18.3. The number of likely N-dealkylation sites (tertiary alicyclic amines) is 2. The molecule has 0 aliphatic carbocycles. The van der Waals surface area contributed by atoms with E-state index >= 15 is 0 Å². The minimum Gasteiger partial charge on any atom is -0.436 e. The van der Waals surface area contributed by atoms with E-state index in [4.69, 9.17) is 4.42 Å². The first kappa shape index (κ1) is 34.3. The number of hydrogen-bond donors (Lipinski definition) is 4. The summed E-state index contributed by atoms with van der Waals surface area (Å²) in [6.07, 6.45) is 1.42. The first-order chi connectivity index (χ1) is 24.8. The van der Waals surface area contributed by atoms with Crippen molar-refractivity contribution >= 4 is 57.7 Å². The summed E-state index contributed by atoms with van der Waals surface area (Å²) in [5, 5.41) is 30.4. The number of oxazole rings is 1. The van der Waals surface area contributed by atoms with Gasteiger partial charge in [0.15, 0.2) is 18.0 Å². The van der Waals surface area contributed by atoms with E-state index in [1.165, 1.54) is 32.5 Å². The van der Waals surface area contributed by atoms with Gasteiger partial charge in [0, 0.05) is 45.3 Å². The molecule has 12 nitrogen and oxygen atoms in total. The van der Waals surface area contributed by atoms with Gasteiger partial charge in [-0.15, -0.1) is 22.7 Å². The number of benzene rings is 2. The predicted octanol–water partition coefficient (Wildman–Crippen LogP) is 5.46. The highest BCUT2D eigenvalue weighted by Gasteiger charge is 2.38. The molecule has 3 aromatic heterocycles. The molecule has 2 aliphatic rings. The summed E-state index contributed by atoms with van der Waals surface area (Å²) in [5.41, 5.74) is 2.55. The van der Waals surface area contributed by atoms with Crippen LogP contribution in [0.4, 0.5) is 11.4 Å². The van der Waals surface area contributed by atoms with Crippen LogP contribution in [0.2, 0.25) is 0 Å². The van der Waals surface area contributed by atoms with E-state index in [0.29, 0.717) is 77.1 Å². The average molecular weight is 726 g/mol. The molecule has 0 radical (unpaired) electrons. The number of carbonyl (C=O) groups is 4. The second-order valence-electron chi connectivity index (χ2n) is 12.4. The number of rotatable bonds is 10. The van der Waals surface area contributed by atoms with Gasteiger partial charge in [0.1, 0.15) is 12.1 Å². The monoisotopic (exact) mass is 725 g/mol. The molecule has 2 aliphatic heterocycles. The molecule has 4 atom stereocenters. The summed E-state index contributed by atoms with van der Waals surface area (Å²) in [5.74, 6) is -0.665. The fourth-order valence-electron chi connectivity index (χ4n) is 6.46. The molecular weight excluding hydrogens is 691 g/mol. The summed E-state index contributed by atoms with van der Waals surface area (Å²) in [6.45, 7) is 0.819. The van der Waals surface area contributed by atoms with Crippen LogP contribution in [0.1, 0.15) is 47.6 Å². The van der Waals surface area contributed by atoms with E-state index < -0.39 is 36.1 Å². The van der Waals surface area contributed by atoms with Gasteiger partial charge >= 0.3 is 0 Å². The lowest BCUT2D eigenvalue weighted by atomic mass is 10.1. The van der Waals surface area contributed by atoms with Gasteiger partial charge in [0.25, 0.3) is 11.8 Å². The quantitative estimate of drug-likeness (QED) is 0.148. The number of aromatic nitrogens is 1. The predicted molar refractivity (Wildman–Crippen MR) is 193 cm³/mol. The molecule has 0 spiro atoms. The van der Waals surface area contributed by atoms with Gasteiger partial charge in [0.05, 0.1) is 6.20 Å². The van der Waals surface area contributed by atoms with Crippen molar-refractivity contribution in [3.8, 4) is 22.8 Å². The van der Waals surface area contributed by atoms with Gasteiger partial charge in [-0.1, -0.05) is 12.1 Å². The molecule has 0 bridgehead atoms. The van der Waals surface area contributed by atoms with Crippen LogP contribution in [-0.4, -0.2) is 73.8 Å². The number of thiophene rings is 2. The summed E-state index contributed by atoms with van der Waals surface area (Å²) in [6, 6.07) is 19.7. The minimum absolute atomic E-state index is 0.310. The van der Waals surface area contributed by atoms with Crippen LogP contribution in [0.15, 0.2) is 94.2 Å². The molecule has 51 heavy (non-hydrogen) atoms. The molecule has 5 heterocycles. The second kappa shape index (κ2) is 15.0. The Morgan fingerprint density at radius 2 is 1.18 bits per heavy atom. The van der Waals surface area contributed by atoms with E-state index in [1.54, 1.807) is 89.8 Å². The van der Waals surface area contributed by atoms with Crippen LogP contribution >= 0.6 is 22.7 Å². The van der Waals surface area contributed by atoms with Crippen molar-refractivity contribution in [3.05, 3.63) is 99.5 Å². The van der Waals surface area contributed by atoms with Crippen molar-refractivity contribution in [2.75, 3.05) is 23.7 Å². The van der Waals surface area contributed by atoms with Crippen molar-refractivity contribution in [3.63, 3.8) is 0 Å². The summed E-state index contributed by atoms with van der Waals surface area (Å²) < 4.78 is 6.03. The Hall–Kier alpha value is -5.15. The highest BCUT2D eigenvalue weighted by Crippen LogP contribution is 2.31. The van der Waals surface area contributed by atoms with Crippen molar-refractivity contribution in [2.24, 2.45) is 0 Å². The third kappa shape index (κ3) is 7.35. The SMILES string of the molecule is O=C(Nc1ccc(-c2cnc(-c3ccc(NC(=O)[C@@H]4CCCN4C(=O)[C@H](O)c4cccs4)cc3)o2)cc1)C1CCCN1C(=O)C(O)c1cccs1. The Morgan fingerprint density at radius 3 is 1.63 bits per heavy atom. The van der Waals surface area contributed by atoms with Gasteiger partial charge < -0.3 is 35.1 Å². The molecule has 14 heteroatoms. The molecule has 262 valence electrons. The van der Waals surface area contributed by atoms with E-state index in [2.05, 4.69) is 15.6 Å². The van der Waals surface area contributed by atoms with Crippen molar-refractivity contribution in [1.82, 2.24) is 14.8 Å². The third-order valence-corrected chi connectivity index (χ3v) is 11.0. The lowest BCUT2D eigenvalue weighted by molar-refractivity contribution is -0.144. The zero-order valence-electron chi connectivity index (χ0n) is 27.3. The molecule has 4 amide bonds. The highest BCUT2D eigenvalue weighted by molar-refractivity contribution is 7.10. The van der Waals surface area contributed by atoms with Crippen LogP contribution in [0.25, 0.3) is 22.8 Å². The minimum atomic E-state index is -1.29. The number of nitrogens with one attached hydrogen (secondary N) is 2. The maximum absolute atomic E-state index is 13.1.